The number of para-hydroxylation sites is 1. The number of carbonyl (C=O) groups excluding carboxylic acids is 4. The normalized spacial score (nSPS) is 16.5. The Morgan fingerprint density at radius 3 is 2.46 bits per heavy atom. The molecule has 1 N–H and O–H groups in total. The third kappa shape index (κ3) is 6.28. The second-order valence-electron chi connectivity index (χ2n) is 9.78. The number of aromatic nitrogens is 1. The number of Topliss-reactive ketones (excluding diaryl/α,β-unsaturated/α-hetero) is 1. The second kappa shape index (κ2) is 13.0. The smallest absolute Gasteiger partial charge is 0.358 e. The summed E-state index contributed by atoms with van der Waals surface area (Å²) >= 11 is 0. The second-order valence-corrected chi connectivity index (χ2v) is 9.78. The number of fused-ring (bicyclic) bond motifs is 2. The number of pyridine rings is 1. The van der Waals surface area contributed by atoms with Gasteiger partial charge in [-0.3, -0.25) is 19.4 Å². The number of nitrogens with zero attached hydrogens (tertiary/aromatic N) is 2. The fraction of sp³-hybridized carbons (Fsp3) is 0.387. The Morgan fingerprint density at radius 2 is 1.78 bits per heavy atom. The van der Waals surface area contributed by atoms with Crippen molar-refractivity contribution < 1.29 is 38.5 Å². The fourth-order valence-corrected chi connectivity index (χ4v) is 5.08. The number of rotatable bonds is 12. The number of amides is 1. The number of esters is 2. The SMILES string of the molecule is CCOC(=O)C(CC)(OC(C)=O)C(=O)C(O)C1c2nc3ccccc3cc2CN1C(=O)CCOCc1ccccc1. The fourth-order valence-electron chi connectivity index (χ4n) is 5.08. The van der Waals surface area contributed by atoms with Gasteiger partial charge in [-0.1, -0.05) is 55.5 Å². The maximum absolute atomic E-state index is 13.9. The molecule has 4 rings (SSSR count). The van der Waals surface area contributed by atoms with Crippen molar-refractivity contribution in [3.63, 3.8) is 0 Å². The topological polar surface area (TPSA) is 132 Å². The molecule has 0 bridgehead atoms. The number of ketones is 1. The quantitative estimate of drug-likeness (QED) is 0.200. The number of ether oxygens (including phenoxy) is 3. The summed E-state index contributed by atoms with van der Waals surface area (Å²) < 4.78 is 16.0. The summed E-state index contributed by atoms with van der Waals surface area (Å²) in [5.41, 5.74) is 0.186. The Balaban J connectivity index is 1.65. The Morgan fingerprint density at radius 1 is 1.07 bits per heavy atom. The molecule has 10 nitrogen and oxygen atoms in total. The van der Waals surface area contributed by atoms with Gasteiger partial charge in [-0.25, -0.2) is 4.79 Å². The lowest BCUT2D eigenvalue weighted by atomic mass is 9.87. The highest BCUT2D eigenvalue weighted by atomic mass is 16.6. The van der Waals surface area contributed by atoms with E-state index in [1.54, 1.807) is 13.0 Å². The van der Waals surface area contributed by atoms with E-state index in [0.717, 1.165) is 17.9 Å². The lowest BCUT2D eigenvalue weighted by Gasteiger charge is -2.34. The van der Waals surface area contributed by atoms with Gasteiger partial charge >= 0.3 is 11.9 Å². The molecule has 1 aliphatic heterocycles. The first-order chi connectivity index (χ1) is 19.7. The van der Waals surface area contributed by atoms with Crippen molar-refractivity contribution in [2.75, 3.05) is 13.2 Å². The van der Waals surface area contributed by atoms with E-state index in [9.17, 15) is 24.3 Å². The van der Waals surface area contributed by atoms with Gasteiger partial charge in [0.15, 0.2) is 0 Å². The zero-order valence-electron chi connectivity index (χ0n) is 23.4. The van der Waals surface area contributed by atoms with E-state index in [1.165, 1.54) is 11.8 Å². The lowest BCUT2D eigenvalue weighted by Crippen LogP contribution is -2.57. The van der Waals surface area contributed by atoms with Crippen molar-refractivity contribution in [2.45, 2.75) is 64.5 Å². The van der Waals surface area contributed by atoms with Gasteiger partial charge in [0.1, 0.15) is 12.1 Å². The highest BCUT2D eigenvalue weighted by molar-refractivity contribution is 6.11. The molecule has 2 heterocycles. The Kier molecular flexibility index (Phi) is 9.46. The van der Waals surface area contributed by atoms with Crippen molar-refractivity contribution in [3.05, 3.63) is 77.5 Å². The van der Waals surface area contributed by atoms with E-state index >= 15 is 0 Å². The van der Waals surface area contributed by atoms with Crippen LogP contribution in [-0.2, 0) is 46.5 Å². The van der Waals surface area contributed by atoms with Crippen LogP contribution in [0.15, 0.2) is 60.7 Å². The van der Waals surface area contributed by atoms with Gasteiger partial charge in [0.05, 0.1) is 37.5 Å². The van der Waals surface area contributed by atoms with Crippen molar-refractivity contribution in [2.24, 2.45) is 0 Å². The zero-order chi connectivity index (χ0) is 29.6. The number of benzene rings is 2. The molecule has 41 heavy (non-hydrogen) atoms. The largest absolute Gasteiger partial charge is 0.463 e. The van der Waals surface area contributed by atoms with Crippen LogP contribution in [0, 0.1) is 0 Å². The monoisotopic (exact) mass is 562 g/mol. The third-order valence-electron chi connectivity index (χ3n) is 7.07. The molecule has 216 valence electrons. The lowest BCUT2D eigenvalue weighted by molar-refractivity contribution is -0.189. The summed E-state index contributed by atoms with van der Waals surface area (Å²) in [6, 6.07) is 17.5. The van der Waals surface area contributed by atoms with Crippen molar-refractivity contribution >= 4 is 34.5 Å². The molecule has 3 aromatic rings. The van der Waals surface area contributed by atoms with Crippen LogP contribution in [0.25, 0.3) is 10.9 Å². The molecule has 0 aliphatic carbocycles. The van der Waals surface area contributed by atoms with E-state index in [2.05, 4.69) is 0 Å². The number of aliphatic hydroxyl groups is 1. The molecule has 0 saturated heterocycles. The predicted molar refractivity (Wildman–Crippen MR) is 148 cm³/mol. The van der Waals surface area contributed by atoms with Crippen molar-refractivity contribution in [1.82, 2.24) is 9.88 Å². The van der Waals surface area contributed by atoms with Crippen LogP contribution in [-0.4, -0.2) is 63.5 Å². The van der Waals surface area contributed by atoms with Crippen LogP contribution in [0.3, 0.4) is 0 Å². The minimum absolute atomic E-state index is 0.0154. The molecule has 0 radical (unpaired) electrons. The summed E-state index contributed by atoms with van der Waals surface area (Å²) in [6.45, 7) is 4.55. The number of hydrogen-bond acceptors (Lipinski definition) is 9. The zero-order valence-corrected chi connectivity index (χ0v) is 23.4. The van der Waals surface area contributed by atoms with Gasteiger partial charge in [0.2, 0.25) is 11.7 Å². The minimum atomic E-state index is -2.38. The van der Waals surface area contributed by atoms with Crippen LogP contribution in [0.5, 0.6) is 0 Å². The molecule has 3 atom stereocenters. The van der Waals surface area contributed by atoms with Crippen LogP contribution < -0.4 is 0 Å². The third-order valence-corrected chi connectivity index (χ3v) is 7.07. The molecule has 1 aliphatic rings. The molecular weight excluding hydrogens is 528 g/mol. The van der Waals surface area contributed by atoms with E-state index in [-0.39, 0.29) is 38.5 Å². The van der Waals surface area contributed by atoms with Gasteiger partial charge in [-0.2, -0.15) is 0 Å². The van der Waals surface area contributed by atoms with E-state index < -0.39 is 35.5 Å². The molecular formula is C31H34N2O8. The molecule has 2 aromatic carbocycles. The highest BCUT2D eigenvalue weighted by Crippen LogP contribution is 2.39. The van der Waals surface area contributed by atoms with Gasteiger partial charge in [0, 0.05) is 25.3 Å². The first-order valence-electron chi connectivity index (χ1n) is 13.6. The molecule has 10 heteroatoms. The Hall–Kier alpha value is -4.15. The Bertz CT molecular complexity index is 1430. The Labute approximate surface area is 238 Å². The molecule has 1 aromatic heterocycles. The number of aliphatic hydroxyl groups excluding tert-OH is 1. The van der Waals surface area contributed by atoms with Crippen molar-refractivity contribution in [3.8, 4) is 0 Å². The highest BCUT2D eigenvalue weighted by Gasteiger charge is 2.55. The van der Waals surface area contributed by atoms with E-state index in [0.29, 0.717) is 23.4 Å². The van der Waals surface area contributed by atoms with Gasteiger partial charge < -0.3 is 24.2 Å². The summed E-state index contributed by atoms with van der Waals surface area (Å²) in [4.78, 5) is 58.4. The summed E-state index contributed by atoms with van der Waals surface area (Å²) in [6.07, 6.45) is -2.23. The van der Waals surface area contributed by atoms with Crippen molar-refractivity contribution in [1.29, 1.82) is 0 Å². The molecule has 1 amide bonds. The first-order valence-corrected chi connectivity index (χ1v) is 13.6. The minimum Gasteiger partial charge on any atom is -0.463 e. The van der Waals surface area contributed by atoms with Gasteiger partial charge in [-0.15, -0.1) is 0 Å². The van der Waals surface area contributed by atoms with Crippen LogP contribution >= 0.6 is 0 Å². The molecule has 0 spiro atoms. The summed E-state index contributed by atoms with van der Waals surface area (Å²) in [5.74, 6) is -3.43. The van der Waals surface area contributed by atoms with Gasteiger partial charge in [0.25, 0.3) is 5.60 Å². The van der Waals surface area contributed by atoms with Crippen LogP contribution in [0.1, 0.15) is 56.5 Å². The maximum Gasteiger partial charge on any atom is 0.358 e. The maximum atomic E-state index is 13.9. The average Bonchev–Trinajstić information content (AvgIpc) is 3.34. The molecule has 0 fully saturated rings. The summed E-state index contributed by atoms with van der Waals surface area (Å²) in [7, 11) is 0. The van der Waals surface area contributed by atoms with Crippen LogP contribution in [0.2, 0.25) is 0 Å². The summed E-state index contributed by atoms with van der Waals surface area (Å²) in [5, 5.41) is 12.4. The van der Waals surface area contributed by atoms with E-state index in [1.807, 2.05) is 54.6 Å². The number of hydrogen-bond donors (Lipinski definition) is 1. The standard InChI is InChI=1S/C31H34N2O8/c1-4-31(41-20(3)34,30(38)40-5-2)29(37)28(36)27-26-23(17-22-13-9-10-14-24(22)32-26)18-33(27)25(35)15-16-39-19-21-11-7-6-8-12-21/h6-14,17,27-28,36H,4-5,15-16,18-19H2,1-3H3. The molecule has 0 saturated carbocycles. The van der Waals surface area contributed by atoms with E-state index in [4.69, 9.17) is 19.2 Å². The molecule has 3 unspecified atom stereocenters. The van der Waals surface area contributed by atoms with Gasteiger partial charge in [-0.05, 0) is 30.2 Å². The first kappa shape index (κ1) is 29.8. The predicted octanol–water partition coefficient (Wildman–Crippen LogP) is 3.43. The number of carbonyl (C=O) groups is 4. The average molecular weight is 563 g/mol. The van der Waals surface area contributed by atoms with Crippen LogP contribution in [0.4, 0.5) is 0 Å².